The number of hydrogen-bond donors (Lipinski definition) is 2. The summed E-state index contributed by atoms with van der Waals surface area (Å²) < 4.78 is 51.4. The van der Waals surface area contributed by atoms with Crippen LogP contribution in [0.2, 0.25) is 0 Å². The van der Waals surface area contributed by atoms with Gasteiger partial charge in [-0.3, -0.25) is 4.79 Å². The van der Waals surface area contributed by atoms with E-state index >= 15 is 0 Å². The van der Waals surface area contributed by atoms with E-state index in [-0.39, 0.29) is 36.1 Å². The molecule has 2 aromatic carbocycles. The number of hydrogen-bond acceptors (Lipinski definition) is 6. The maximum Gasteiger partial charge on any atom is 0.243 e. The topological polar surface area (TPSA) is 121 Å². The third-order valence-corrected chi connectivity index (χ3v) is 8.80. The molecule has 0 spiro atoms. The van der Waals surface area contributed by atoms with Crippen molar-refractivity contribution < 1.29 is 26.7 Å². The van der Waals surface area contributed by atoms with Crippen molar-refractivity contribution in [2.45, 2.75) is 50.7 Å². The molecule has 2 N–H and O–H groups in total. The summed E-state index contributed by atoms with van der Waals surface area (Å²) in [5.41, 5.74) is 0.845. The molecule has 8 nitrogen and oxygen atoms in total. The van der Waals surface area contributed by atoms with E-state index in [1.807, 2.05) is 44.2 Å². The van der Waals surface area contributed by atoms with Gasteiger partial charge in [-0.05, 0) is 36.5 Å². The van der Waals surface area contributed by atoms with Crippen molar-refractivity contribution in [2.24, 2.45) is 11.8 Å². The van der Waals surface area contributed by atoms with Gasteiger partial charge in [0.05, 0.1) is 22.8 Å². The summed E-state index contributed by atoms with van der Waals surface area (Å²) in [5.74, 6) is -1.42. The van der Waals surface area contributed by atoms with Gasteiger partial charge in [0.2, 0.25) is 15.9 Å². The largest absolute Gasteiger partial charge is 0.390 e. The molecule has 0 radical (unpaired) electrons. The molecule has 10 heteroatoms. The third kappa shape index (κ3) is 9.65. The SMILES string of the molecule is CC(C)CCN(C[C@@H](O)[C@H](Cc1ccccc1)NC(=O)[C@H](C)CS(C)(=O)=O)S(=O)(=O)c1ccccc1. The molecule has 0 aliphatic heterocycles. The lowest BCUT2D eigenvalue weighted by Gasteiger charge is -2.31. The van der Waals surface area contributed by atoms with Crippen molar-refractivity contribution in [1.82, 2.24) is 9.62 Å². The first-order valence-corrected chi connectivity index (χ1v) is 15.5. The van der Waals surface area contributed by atoms with Crippen LogP contribution in [0.3, 0.4) is 0 Å². The number of sulfonamides is 1. The van der Waals surface area contributed by atoms with Crippen molar-refractivity contribution in [3.05, 3.63) is 66.2 Å². The van der Waals surface area contributed by atoms with Gasteiger partial charge < -0.3 is 10.4 Å². The van der Waals surface area contributed by atoms with Crippen LogP contribution in [-0.2, 0) is 31.1 Å². The standard InChI is InChI=1S/C26H38N2O6S2/c1-20(2)15-16-28(36(33,34)23-13-9-6-10-14-23)18-25(29)24(17-22-11-7-5-8-12-22)27-26(30)21(3)19-35(4,31)32/h5-14,20-21,24-25,29H,15-19H2,1-4H3,(H,27,30)/t21-,24+,25-/m1/s1. The van der Waals surface area contributed by atoms with Gasteiger partial charge in [-0.15, -0.1) is 0 Å². The second-order valence-electron chi connectivity index (χ2n) is 9.72. The van der Waals surface area contributed by atoms with Gasteiger partial charge >= 0.3 is 0 Å². The predicted octanol–water partition coefficient (Wildman–Crippen LogP) is 2.49. The van der Waals surface area contributed by atoms with Crippen molar-refractivity contribution in [2.75, 3.05) is 25.1 Å². The fourth-order valence-electron chi connectivity index (χ4n) is 3.80. The zero-order chi connectivity index (χ0) is 26.9. The fourth-order valence-corrected chi connectivity index (χ4v) is 6.35. The second-order valence-corrected chi connectivity index (χ2v) is 13.8. The fraction of sp³-hybridized carbons (Fsp3) is 0.500. The summed E-state index contributed by atoms with van der Waals surface area (Å²) in [4.78, 5) is 13.0. The van der Waals surface area contributed by atoms with Gasteiger partial charge in [0, 0.05) is 25.3 Å². The molecule has 0 aromatic heterocycles. The van der Waals surface area contributed by atoms with Crippen LogP contribution in [0.4, 0.5) is 0 Å². The van der Waals surface area contributed by atoms with Crippen LogP contribution >= 0.6 is 0 Å². The van der Waals surface area contributed by atoms with E-state index in [4.69, 9.17) is 0 Å². The van der Waals surface area contributed by atoms with Gasteiger partial charge in [0.15, 0.2) is 0 Å². The lowest BCUT2D eigenvalue weighted by atomic mass is 10.00. The Hall–Kier alpha value is -2.27. The molecule has 0 fully saturated rings. The Morgan fingerprint density at radius 3 is 2.03 bits per heavy atom. The molecule has 0 heterocycles. The number of benzene rings is 2. The second kappa shape index (κ2) is 13.3. The summed E-state index contributed by atoms with van der Waals surface area (Å²) >= 11 is 0. The van der Waals surface area contributed by atoms with Crippen molar-refractivity contribution in [1.29, 1.82) is 0 Å². The van der Waals surface area contributed by atoms with Crippen molar-refractivity contribution >= 4 is 25.8 Å². The molecule has 0 saturated carbocycles. The van der Waals surface area contributed by atoms with E-state index in [2.05, 4.69) is 5.32 Å². The van der Waals surface area contributed by atoms with Crippen molar-refractivity contribution in [3.63, 3.8) is 0 Å². The molecule has 2 rings (SSSR count). The molecule has 2 aromatic rings. The summed E-state index contributed by atoms with van der Waals surface area (Å²) in [7, 11) is -7.26. The van der Waals surface area contributed by atoms with E-state index in [0.717, 1.165) is 11.8 Å². The quantitative estimate of drug-likeness (QED) is 0.381. The predicted molar refractivity (Wildman–Crippen MR) is 142 cm³/mol. The number of carbonyl (C=O) groups excluding carboxylic acids is 1. The molecule has 0 unspecified atom stereocenters. The number of rotatable bonds is 14. The Balaban J connectivity index is 2.31. The van der Waals surface area contributed by atoms with E-state index in [1.54, 1.807) is 18.2 Å². The average molecular weight is 539 g/mol. The highest BCUT2D eigenvalue weighted by atomic mass is 32.2. The maximum absolute atomic E-state index is 13.4. The molecular formula is C26H38N2O6S2. The zero-order valence-corrected chi connectivity index (χ0v) is 23.0. The summed E-state index contributed by atoms with van der Waals surface area (Å²) in [6.45, 7) is 5.48. The monoisotopic (exact) mass is 538 g/mol. The minimum atomic E-state index is -3.89. The van der Waals surface area contributed by atoms with E-state index in [9.17, 15) is 26.7 Å². The van der Waals surface area contributed by atoms with Gasteiger partial charge in [-0.2, -0.15) is 4.31 Å². The third-order valence-electron chi connectivity index (χ3n) is 5.82. The number of aliphatic hydroxyl groups excluding tert-OH is 1. The molecule has 0 bridgehead atoms. The Morgan fingerprint density at radius 1 is 0.944 bits per heavy atom. The zero-order valence-electron chi connectivity index (χ0n) is 21.4. The van der Waals surface area contributed by atoms with E-state index in [1.165, 1.54) is 23.4 Å². The Kier molecular flexibility index (Phi) is 11.1. The first kappa shape index (κ1) is 30.0. The number of aliphatic hydroxyl groups is 1. The van der Waals surface area contributed by atoms with Crippen LogP contribution in [0.15, 0.2) is 65.6 Å². The molecule has 0 aliphatic carbocycles. The number of carbonyl (C=O) groups is 1. The maximum atomic E-state index is 13.4. The first-order valence-electron chi connectivity index (χ1n) is 12.0. The lowest BCUT2D eigenvalue weighted by molar-refractivity contribution is -0.125. The average Bonchev–Trinajstić information content (AvgIpc) is 2.81. The van der Waals surface area contributed by atoms with Crippen LogP contribution in [0.1, 0.15) is 32.8 Å². The van der Waals surface area contributed by atoms with Gasteiger partial charge in [0.25, 0.3) is 0 Å². The Labute approximate surface area is 215 Å². The number of sulfone groups is 1. The van der Waals surface area contributed by atoms with E-state index in [0.29, 0.717) is 6.42 Å². The first-order chi connectivity index (χ1) is 16.8. The van der Waals surface area contributed by atoms with Crippen LogP contribution in [0.25, 0.3) is 0 Å². The van der Waals surface area contributed by atoms with Crippen LogP contribution in [0, 0.1) is 11.8 Å². The highest BCUT2D eigenvalue weighted by Gasteiger charge is 2.31. The van der Waals surface area contributed by atoms with Gasteiger partial charge in [0.1, 0.15) is 9.84 Å². The molecule has 0 saturated heterocycles. The smallest absolute Gasteiger partial charge is 0.243 e. The van der Waals surface area contributed by atoms with Crippen LogP contribution in [0.5, 0.6) is 0 Å². The molecule has 3 atom stereocenters. The van der Waals surface area contributed by atoms with Crippen LogP contribution < -0.4 is 5.32 Å². The number of amides is 1. The normalized spacial score (nSPS) is 15.0. The Morgan fingerprint density at radius 2 is 1.50 bits per heavy atom. The molecule has 0 aliphatic rings. The minimum absolute atomic E-state index is 0.131. The van der Waals surface area contributed by atoms with Crippen molar-refractivity contribution in [3.8, 4) is 0 Å². The number of nitrogens with zero attached hydrogens (tertiary/aromatic N) is 1. The molecular weight excluding hydrogens is 500 g/mol. The molecule has 200 valence electrons. The molecule has 36 heavy (non-hydrogen) atoms. The molecule has 1 amide bonds. The lowest BCUT2D eigenvalue weighted by Crippen LogP contribution is -2.52. The van der Waals surface area contributed by atoms with Gasteiger partial charge in [-0.1, -0.05) is 69.3 Å². The Bertz CT molecular complexity index is 1170. The van der Waals surface area contributed by atoms with Crippen LogP contribution in [-0.4, -0.2) is 69.4 Å². The highest BCUT2D eigenvalue weighted by molar-refractivity contribution is 7.90. The summed E-state index contributed by atoms with van der Waals surface area (Å²) in [5, 5.41) is 14.0. The summed E-state index contributed by atoms with van der Waals surface area (Å²) in [6, 6.07) is 16.4. The highest BCUT2D eigenvalue weighted by Crippen LogP contribution is 2.19. The minimum Gasteiger partial charge on any atom is -0.390 e. The summed E-state index contributed by atoms with van der Waals surface area (Å²) in [6.07, 6.45) is 0.682. The van der Waals surface area contributed by atoms with Gasteiger partial charge in [-0.25, -0.2) is 16.8 Å². The number of nitrogens with one attached hydrogen (secondary N) is 1. The van der Waals surface area contributed by atoms with E-state index < -0.39 is 43.8 Å².